The van der Waals surface area contributed by atoms with Gasteiger partial charge in [-0.05, 0) is 49.6 Å². The average Bonchev–Trinajstić information content (AvgIpc) is 2.49. The molecule has 21 heavy (non-hydrogen) atoms. The van der Waals surface area contributed by atoms with Crippen molar-refractivity contribution in [3.63, 3.8) is 0 Å². The van der Waals surface area contributed by atoms with Crippen LogP contribution in [0.15, 0.2) is 48.5 Å². The Bertz CT molecular complexity index is 608. The van der Waals surface area contributed by atoms with Crippen molar-refractivity contribution in [1.29, 1.82) is 0 Å². The first-order valence-corrected chi connectivity index (χ1v) is 7.30. The van der Waals surface area contributed by atoms with Crippen LogP contribution in [-0.2, 0) is 4.79 Å². The summed E-state index contributed by atoms with van der Waals surface area (Å²) in [6, 6.07) is 15.4. The largest absolute Gasteiger partial charge is 0.373 e. The van der Waals surface area contributed by atoms with Crippen LogP contribution in [0.5, 0.6) is 0 Å². The predicted octanol–water partition coefficient (Wildman–Crippen LogP) is 4.13. The Labute approximate surface area is 126 Å². The van der Waals surface area contributed by atoms with E-state index in [0.717, 1.165) is 17.8 Å². The third kappa shape index (κ3) is 3.85. The topological polar surface area (TPSA) is 41.1 Å². The number of carbonyl (C=O) groups is 1. The highest BCUT2D eigenvalue weighted by molar-refractivity contribution is 5.96. The fraction of sp³-hybridized carbons (Fsp3) is 0.278. The molecule has 1 atom stereocenters. The van der Waals surface area contributed by atoms with Crippen LogP contribution in [0.1, 0.15) is 24.5 Å². The van der Waals surface area contributed by atoms with Gasteiger partial charge in [0.2, 0.25) is 5.91 Å². The maximum Gasteiger partial charge on any atom is 0.246 e. The van der Waals surface area contributed by atoms with Crippen molar-refractivity contribution in [3.05, 3.63) is 59.7 Å². The van der Waals surface area contributed by atoms with Crippen LogP contribution >= 0.6 is 0 Å². The van der Waals surface area contributed by atoms with Gasteiger partial charge in [0, 0.05) is 11.4 Å². The quantitative estimate of drug-likeness (QED) is 0.865. The van der Waals surface area contributed by atoms with Gasteiger partial charge in [0.15, 0.2) is 0 Å². The van der Waals surface area contributed by atoms with Gasteiger partial charge in [-0.2, -0.15) is 0 Å². The van der Waals surface area contributed by atoms with E-state index in [2.05, 4.69) is 30.5 Å². The summed E-state index contributed by atoms with van der Waals surface area (Å²) in [7, 11) is 0. The van der Waals surface area contributed by atoms with Crippen LogP contribution in [0, 0.1) is 13.8 Å². The summed E-state index contributed by atoms with van der Waals surface area (Å²) in [6.07, 6.45) is 0.728. The van der Waals surface area contributed by atoms with E-state index in [1.165, 1.54) is 11.1 Å². The molecule has 110 valence electrons. The second-order valence-corrected chi connectivity index (χ2v) is 5.21. The molecule has 2 rings (SSSR count). The minimum absolute atomic E-state index is 0.00962. The van der Waals surface area contributed by atoms with Crippen molar-refractivity contribution >= 4 is 17.3 Å². The Morgan fingerprint density at radius 1 is 1.05 bits per heavy atom. The van der Waals surface area contributed by atoms with E-state index in [9.17, 15) is 4.79 Å². The lowest BCUT2D eigenvalue weighted by Gasteiger charge is -2.20. The molecule has 0 radical (unpaired) electrons. The van der Waals surface area contributed by atoms with E-state index in [4.69, 9.17) is 0 Å². The molecule has 0 unspecified atom stereocenters. The molecule has 0 aliphatic carbocycles. The molecule has 0 spiro atoms. The second kappa shape index (κ2) is 6.93. The third-order valence-electron chi connectivity index (χ3n) is 3.70. The minimum atomic E-state index is -0.245. The van der Waals surface area contributed by atoms with E-state index >= 15 is 0 Å². The Morgan fingerprint density at radius 3 is 2.43 bits per heavy atom. The van der Waals surface area contributed by atoms with Crippen molar-refractivity contribution in [2.45, 2.75) is 33.2 Å². The number of benzene rings is 2. The first-order chi connectivity index (χ1) is 10.1. The zero-order valence-electron chi connectivity index (χ0n) is 12.8. The van der Waals surface area contributed by atoms with Crippen LogP contribution in [0.2, 0.25) is 0 Å². The van der Waals surface area contributed by atoms with Gasteiger partial charge in [-0.3, -0.25) is 4.79 Å². The Morgan fingerprint density at radius 2 is 1.76 bits per heavy atom. The van der Waals surface area contributed by atoms with E-state index in [-0.39, 0.29) is 11.9 Å². The number of nitrogens with one attached hydrogen (secondary N) is 2. The fourth-order valence-electron chi connectivity index (χ4n) is 2.20. The standard InChI is InChI=1S/C18H22N2O/c1-4-16(18(21)19-15-10-6-5-7-11-15)20-17-12-8-9-13(2)14(17)3/h5-12,16,20H,4H2,1-3H3,(H,19,21)/t16-/m1/s1. The summed E-state index contributed by atoms with van der Waals surface area (Å²) in [5.74, 6) is -0.00962. The smallest absolute Gasteiger partial charge is 0.246 e. The maximum absolute atomic E-state index is 12.4. The van der Waals surface area contributed by atoms with E-state index < -0.39 is 0 Å². The van der Waals surface area contributed by atoms with E-state index in [1.807, 2.05) is 49.4 Å². The van der Waals surface area contributed by atoms with Gasteiger partial charge in [0.25, 0.3) is 0 Å². The van der Waals surface area contributed by atoms with Gasteiger partial charge in [-0.15, -0.1) is 0 Å². The van der Waals surface area contributed by atoms with Crippen molar-refractivity contribution in [1.82, 2.24) is 0 Å². The summed E-state index contributed by atoms with van der Waals surface area (Å²) in [6.45, 7) is 6.15. The first-order valence-electron chi connectivity index (χ1n) is 7.30. The Balaban J connectivity index is 2.09. The predicted molar refractivity (Wildman–Crippen MR) is 88.7 cm³/mol. The molecular formula is C18H22N2O. The van der Waals surface area contributed by atoms with Gasteiger partial charge in [0.1, 0.15) is 6.04 Å². The fourth-order valence-corrected chi connectivity index (χ4v) is 2.20. The molecule has 1 amide bonds. The van der Waals surface area contributed by atoms with Crippen LogP contribution in [0.25, 0.3) is 0 Å². The number of hydrogen-bond donors (Lipinski definition) is 2. The molecule has 0 aliphatic rings. The normalized spacial score (nSPS) is 11.8. The summed E-state index contributed by atoms with van der Waals surface area (Å²) in [5.41, 5.74) is 4.25. The highest BCUT2D eigenvalue weighted by atomic mass is 16.2. The first kappa shape index (κ1) is 15.1. The molecule has 0 bridgehead atoms. The number of anilines is 2. The highest BCUT2D eigenvalue weighted by Crippen LogP contribution is 2.20. The van der Waals surface area contributed by atoms with E-state index in [1.54, 1.807) is 0 Å². The second-order valence-electron chi connectivity index (χ2n) is 5.21. The van der Waals surface area contributed by atoms with Crippen molar-refractivity contribution < 1.29 is 4.79 Å². The lowest BCUT2D eigenvalue weighted by atomic mass is 10.1. The van der Waals surface area contributed by atoms with Crippen LogP contribution in [0.3, 0.4) is 0 Å². The highest BCUT2D eigenvalue weighted by Gasteiger charge is 2.17. The third-order valence-corrected chi connectivity index (χ3v) is 3.70. The molecule has 0 saturated heterocycles. The molecule has 2 aromatic carbocycles. The SMILES string of the molecule is CC[C@@H](Nc1cccc(C)c1C)C(=O)Nc1ccccc1. The van der Waals surface area contributed by atoms with Gasteiger partial charge in [0.05, 0.1) is 0 Å². The molecule has 3 heteroatoms. The number of para-hydroxylation sites is 1. The molecule has 0 heterocycles. The number of rotatable bonds is 5. The molecule has 2 aromatic rings. The van der Waals surface area contributed by atoms with Crippen LogP contribution < -0.4 is 10.6 Å². The average molecular weight is 282 g/mol. The molecule has 3 nitrogen and oxygen atoms in total. The van der Waals surface area contributed by atoms with Gasteiger partial charge < -0.3 is 10.6 Å². The lowest BCUT2D eigenvalue weighted by molar-refractivity contribution is -0.116. The molecule has 0 aromatic heterocycles. The maximum atomic E-state index is 12.4. The zero-order valence-corrected chi connectivity index (χ0v) is 12.8. The summed E-state index contributed by atoms with van der Waals surface area (Å²) in [5, 5.41) is 6.29. The van der Waals surface area contributed by atoms with Gasteiger partial charge in [-0.25, -0.2) is 0 Å². The van der Waals surface area contributed by atoms with Gasteiger partial charge in [-0.1, -0.05) is 37.3 Å². The minimum Gasteiger partial charge on any atom is -0.373 e. The zero-order chi connectivity index (χ0) is 15.2. The number of carbonyl (C=O) groups excluding carboxylic acids is 1. The van der Waals surface area contributed by atoms with Crippen LogP contribution in [-0.4, -0.2) is 11.9 Å². The molecule has 0 aliphatic heterocycles. The summed E-state index contributed by atoms with van der Waals surface area (Å²) in [4.78, 5) is 12.4. The Hall–Kier alpha value is -2.29. The number of hydrogen-bond acceptors (Lipinski definition) is 2. The monoisotopic (exact) mass is 282 g/mol. The van der Waals surface area contributed by atoms with E-state index in [0.29, 0.717) is 0 Å². The summed E-state index contributed by atoms with van der Waals surface area (Å²) >= 11 is 0. The van der Waals surface area contributed by atoms with Crippen molar-refractivity contribution in [3.8, 4) is 0 Å². The van der Waals surface area contributed by atoms with Crippen LogP contribution in [0.4, 0.5) is 11.4 Å². The molecule has 2 N–H and O–H groups in total. The molecule has 0 saturated carbocycles. The number of amides is 1. The number of aryl methyl sites for hydroxylation is 1. The summed E-state index contributed by atoms with van der Waals surface area (Å²) < 4.78 is 0. The van der Waals surface area contributed by atoms with Crippen molar-refractivity contribution in [2.24, 2.45) is 0 Å². The lowest BCUT2D eigenvalue weighted by Crippen LogP contribution is -2.34. The van der Waals surface area contributed by atoms with Gasteiger partial charge >= 0.3 is 0 Å². The Kier molecular flexibility index (Phi) is 4.99. The molecular weight excluding hydrogens is 260 g/mol. The van der Waals surface area contributed by atoms with Crippen molar-refractivity contribution in [2.75, 3.05) is 10.6 Å². The molecule has 0 fully saturated rings.